The number of ether oxygens (including phenoxy) is 1. The third-order valence-corrected chi connectivity index (χ3v) is 4.33. The molecule has 3 nitrogen and oxygen atoms in total. The zero-order chi connectivity index (χ0) is 18.8. The molecule has 0 heterocycles. The van der Waals surface area contributed by atoms with E-state index in [1.54, 1.807) is 13.8 Å². The summed E-state index contributed by atoms with van der Waals surface area (Å²) in [5.41, 5.74) is 0. The summed E-state index contributed by atoms with van der Waals surface area (Å²) in [6, 6.07) is 0. The third-order valence-electron chi connectivity index (χ3n) is 4.33. The van der Waals surface area contributed by atoms with Crippen LogP contribution in [0, 0.1) is 0 Å². The van der Waals surface area contributed by atoms with Gasteiger partial charge in [0.1, 0.15) is 6.10 Å². The van der Waals surface area contributed by atoms with Crippen LogP contribution in [0.15, 0.2) is 24.3 Å². The molecule has 0 saturated heterocycles. The van der Waals surface area contributed by atoms with Gasteiger partial charge in [0.05, 0.1) is 6.10 Å². The van der Waals surface area contributed by atoms with Gasteiger partial charge in [-0.1, -0.05) is 63.3 Å². The highest BCUT2D eigenvalue weighted by Crippen LogP contribution is 2.09. The van der Waals surface area contributed by atoms with E-state index in [-0.39, 0.29) is 5.97 Å². The second-order valence-corrected chi connectivity index (χ2v) is 6.92. The lowest BCUT2D eigenvalue weighted by Gasteiger charge is -2.15. The Morgan fingerprint density at radius 1 is 0.880 bits per heavy atom. The van der Waals surface area contributed by atoms with Crippen LogP contribution in [0.1, 0.15) is 97.8 Å². The average molecular weight is 353 g/mol. The molecule has 0 saturated carbocycles. The van der Waals surface area contributed by atoms with Gasteiger partial charge < -0.3 is 9.84 Å². The molecule has 3 heteroatoms. The maximum absolute atomic E-state index is 11.5. The summed E-state index contributed by atoms with van der Waals surface area (Å²) >= 11 is 0. The van der Waals surface area contributed by atoms with Gasteiger partial charge in [-0.25, -0.2) is 0 Å². The average Bonchev–Trinajstić information content (AvgIpc) is 2.58. The molecule has 2 atom stereocenters. The Balaban J connectivity index is 3.35. The maximum Gasteiger partial charge on any atom is 0.306 e. The van der Waals surface area contributed by atoms with E-state index in [0.717, 1.165) is 25.7 Å². The van der Waals surface area contributed by atoms with Crippen molar-refractivity contribution in [3.63, 3.8) is 0 Å². The lowest BCUT2D eigenvalue weighted by molar-refractivity contribution is -0.153. The zero-order valence-corrected chi connectivity index (χ0v) is 16.7. The molecule has 0 spiro atoms. The van der Waals surface area contributed by atoms with Crippen molar-refractivity contribution in [1.29, 1.82) is 0 Å². The van der Waals surface area contributed by atoms with Gasteiger partial charge in [-0.2, -0.15) is 0 Å². The molecule has 146 valence electrons. The lowest BCUT2D eigenvalue weighted by Crippen LogP contribution is -2.25. The molecule has 0 aromatic rings. The van der Waals surface area contributed by atoms with Crippen molar-refractivity contribution < 1.29 is 14.6 Å². The smallest absolute Gasteiger partial charge is 0.306 e. The van der Waals surface area contributed by atoms with Crippen LogP contribution >= 0.6 is 0 Å². The minimum absolute atomic E-state index is 0.195. The number of hydrogen-bond acceptors (Lipinski definition) is 3. The number of carbonyl (C=O) groups excluding carboxylic acids is 1. The molecule has 0 bridgehead atoms. The van der Waals surface area contributed by atoms with E-state index in [9.17, 15) is 9.90 Å². The third kappa shape index (κ3) is 17.5. The minimum atomic E-state index is -0.603. The van der Waals surface area contributed by atoms with Crippen LogP contribution in [0.3, 0.4) is 0 Å². The first-order chi connectivity index (χ1) is 12.1. The van der Waals surface area contributed by atoms with E-state index in [2.05, 4.69) is 31.2 Å². The SMILES string of the molecule is CCCCC/C=C\C/C=C\CCCCCCCC(=O)OC(C)C(C)O. The Morgan fingerprint density at radius 2 is 1.44 bits per heavy atom. The maximum atomic E-state index is 11.5. The second-order valence-electron chi connectivity index (χ2n) is 6.92. The highest BCUT2D eigenvalue weighted by atomic mass is 16.6. The van der Waals surface area contributed by atoms with Gasteiger partial charge in [0.15, 0.2) is 0 Å². The lowest BCUT2D eigenvalue weighted by atomic mass is 10.1. The van der Waals surface area contributed by atoms with Crippen LogP contribution in [0.25, 0.3) is 0 Å². The molecule has 0 aliphatic heterocycles. The Bertz CT molecular complexity index is 358. The summed E-state index contributed by atoms with van der Waals surface area (Å²) in [5.74, 6) is -0.195. The number of aliphatic hydroxyl groups excluding tert-OH is 1. The van der Waals surface area contributed by atoms with Gasteiger partial charge in [0, 0.05) is 6.42 Å². The second kappa shape index (κ2) is 17.7. The Labute approximate surface area is 155 Å². The van der Waals surface area contributed by atoms with Gasteiger partial charge in [-0.3, -0.25) is 4.79 Å². The van der Waals surface area contributed by atoms with E-state index in [1.807, 2.05) is 0 Å². The summed E-state index contributed by atoms with van der Waals surface area (Å²) in [6.07, 6.45) is 21.5. The van der Waals surface area contributed by atoms with Gasteiger partial charge in [-0.15, -0.1) is 0 Å². The molecule has 2 unspecified atom stereocenters. The fourth-order valence-electron chi connectivity index (χ4n) is 2.45. The summed E-state index contributed by atoms with van der Waals surface area (Å²) in [4.78, 5) is 11.5. The Hall–Kier alpha value is -1.09. The molecule has 1 N–H and O–H groups in total. The molecule has 0 aliphatic carbocycles. The predicted octanol–water partition coefficient (Wildman–Crippen LogP) is 6.11. The van der Waals surface area contributed by atoms with Gasteiger partial charge in [0.2, 0.25) is 0 Å². The number of rotatable bonds is 16. The predicted molar refractivity (Wildman–Crippen MR) is 107 cm³/mol. The van der Waals surface area contributed by atoms with E-state index in [0.29, 0.717) is 6.42 Å². The minimum Gasteiger partial charge on any atom is -0.460 e. The molecule has 0 rings (SSSR count). The zero-order valence-electron chi connectivity index (χ0n) is 16.7. The standard InChI is InChI=1S/C22H40O3/c1-4-5-6-7-8-9-10-11-12-13-14-15-16-17-18-19-22(24)25-21(3)20(2)23/h8-9,11-12,20-21,23H,4-7,10,13-19H2,1-3H3/b9-8-,12-11-. The number of unbranched alkanes of at least 4 members (excludes halogenated alkanes) is 8. The molecular formula is C22H40O3. The van der Waals surface area contributed by atoms with Crippen molar-refractivity contribution in [2.24, 2.45) is 0 Å². The van der Waals surface area contributed by atoms with Gasteiger partial charge in [0.25, 0.3) is 0 Å². The number of aliphatic hydroxyl groups is 1. The first kappa shape index (κ1) is 23.9. The number of carbonyl (C=O) groups is 1. The first-order valence-corrected chi connectivity index (χ1v) is 10.3. The first-order valence-electron chi connectivity index (χ1n) is 10.3. The number of allylic oxidation sites excluding steroid dienone is 4. The Kier molecular flexibility index (Phi) is 17.0. The molecule has 0 aromatic heterocycles. The largest absolute Gasteiger partial charge is 0.460 e. The number of esters is 1. The van der Waals surface area contributed by atoms with Crippen molar-refractivity contribution in [2.75, 3.05) is 0 Å². The van der Waals surface area contributed by atoms with Crippen molar-refractivity contribution >= 4 is 5.97 Å². The molecule has 0 aromatic carbocycles. The van der Waals surface area contributed by atoms with Gasteiger partial charge >= 0.3 is 5.97 Å². The topological polar surface area (TPSA) is 46.5 Å². The van der Waals surface area contributed by atoms with Crippen molar-refractivity contribution in [3.8, 4) is 0 Å². The van der Waals surface area contributed by atoms with Crippen LogP contribution < -0.4 is 0 Å². The fraction of sp³-hybridized carbons (Fsp3) is 0.773. The molecule has 25 heavy (non-hydrogen) atoms. The van der Waals surface area contributed by atoms with Crippen molar-refractivity contribution in [3.05, 3.63) is 24.3 Å². The summed E-state index contributed by atoms with van der Waals surface area (Å²) in [5, 5.41) is 9.29. The molecule has 0 fully saturated rings. The Morgan fingerprint density at radius 3 is 2.04 bits per heavy atom. The van der Waals surface area contributed by atoms with Crippen LogP contribution in [-0.2, 0) is 9.53 Å². The van der Waals surface area contributed by atoms with Crippen LogP contribution in [-0.4, -0.2) is 23.3 Å². The number of hydrogen-bond donors (Lipinski definition) is 1. The highest BCUT2D eigenvalue weighted by Gasteiger charge is 2.13. The fourth-order valence-corrected chi connectivity index (χ4v) is 2.45. The summed E-state index contributed by atoms with van der Waals surface area (Å²) in [7, 11) is 0. The highest BCUT2D eigenvalue weighted by molar-refractivity contribution is 5.69. The van der Waals surface area contributed by atoms with E-state index in [1.165, 1.54) is 44.9 Å². The molecule has 0 amide bonds. The molecule has 0 aliphatic rings. The monoisotopic (exact) mass is 352 g/mol. The van der Waals surface area contributed by atoms with E-state index < -0.39 is 12.2 Å². The summed E-state index contributed by atoms with van der Waals surface area (Å²) in [6.45, 7) is 5.59. The molecular weight excluding hydrogens is 312 g/mol. The van der Waals surface area contributed by atoms with Crippen LogP contribution in [0.5, 0.6) is 0 Å². The quantitative estimate of drug-likeness (QED) is 0.207. The summed E-state index contributed by atoms with van der Waals surface area (Å²) < 4.78 is 5.13. The van der Waals surface area contributed by atoms with Gasteiger partial charge in [-0.05, 0) is 52.4 Å². The van der Waals surface area contributed by atoms with Crippen molar-refractivity contribution in [2.45, 2.75) is 110 Å². The normalized spacial score (nSPS) is 14.2. The van der Waals surface area contributed by atoms with Crippen LogP contribution in [0.2, 0.25) is 0 Å². The van der Waals surface area contributed by atoms with E-state index in [4.69, 9.17) is 4.74 Å². The van der Waals surface area contributed by atoms with E-state index >= 15 is 0 Å². The van der Waals surface area contributed by atoms with Crippen molar-refractivity contribution in [1.82, 2.24) is 0 Å². The van der Waals surface area contributed by atoms with Crippen LogP contribution in [0.4, 0.5) is 0 Å². The molecule has 0 radical (unpaired) electrons.